The molecule has 0 saturated heterocycles. The highest BCUT2D eigenvalue weighted by molar-refractivity contribution is 5.67. The van der Waals surface area contributed by atoms with Gasteiger partial charge in [-0.3, -0.25) is 4.79 Å². The van der Waals surface area contributed by atoms with Gasteiger partial charge in [-0.2, -0.15) is 0 Å². The Morgan fingerprint density at radius 1 is 1.53 bits per heavy atom. The van der Waals surface area contributed by atoms with Crippen LogP contribution in [0.25, 0.3) is 11.3 Å². The molecule has 2 aromatic heterocycles. The van der Waals surface area contributed by atoms with Crippen LogP contribution in [0.3, 0.4) is 0 Å². The van der Waals surface area contributed by atoms with Crippen molar-refractivity contribution in [2.45, 2.75) is 19.3 Å². The van der Waals surface area contributed by atoms with Gasteiger partial charge in [0.2, 0.25) is 0 Å². The molecule has 2 aromatic rings. The summed E-state index contributed by atoms with van der Waals surface area (Å²) in [6, 6.07) is 3.72. The molecule has 0 spiro atoms. The summed E-state index contributed by atoms with van der Waals surface area (Å²) in [6.45, 7) is 1.81. The van der Waals surface area contributed by atoms with Gasteiger partial charge in [0.1, 0.15) is 5.82 Å². The third kappa shape index (κ3) is 2.69. The average molecular weight is 231 g/mol. The molecule has 2 rings (SSSR count). The first kappa shape index (κ1) is 11.3. The number of hydrogen-bond acceptors (Lipinski definition) is 3. The minimum Gasteiger partial charge on any atom is -0.481 e. The van der Waals surface area contributed by atoms with Crippen molar-refractivity contribution >= 4 is 5.97 Å². The first-order valence-electron chi connectivity index (χ1n) is 5.34. The highest BCUT2D eigenvalue weighted by atomic mass is 16.4. The third-order valence-corrected chi connectivity index (χ3v) is 2.49. The van der Waals surface area contributed by atoms with Gasteiger partial charge in [0.15, 0.2) is 0 Å². The van der Waals surface area contributed by atoms with Crippen molar-refractivity contribution in [3.63, 3.8) is 0 Å². The molecule has 17 heavy (non-hydrogen) atoms. The number of nitrogens with one attached hydrogen (secondary N) is 1. The molecule has 1 unspecified atom stereocenters. The third-order valence-electron chi connectivity index (χ3n) is 2.49. The number of aromatic amines is 1. The largest absolute Gasteiger partial charge is 0.481 e. The van der Waals surface area contributed by atoms with Gasteiger partial charge in [-0.05, 0) is 12.1 Å². The van der Waals surface area contributed by atoms with Crippen LogP contribution < -0.4 is 0 Å². The SMILES string of the molecule is CC(CC(=O)O)c1nccc(-c2cc[nH]c2)n1. The van der Waals surface area contributed by atoms with Gasteiger partial charge < -0.3 is 10.1 Å². The summed E-state index contributed by atoms with van der Waals surface area (Å²) in [5, 5.41) is 8.74. The van der Waals surface area contributed by atoms with Crippen molar-refractivity contribution in [1.82, 2.24) is 15.0 Å². The Morgan fingerprint density at radius 3 is 3.00 bits per heavy atom. The Kier molecular flexibility index (Phi) is 3.18. The van der Waals surface area contributed by atoms with Crippen LogP contribution in [0, 0.1) is 0 Å². The molecular formula is C12H13N3O2. The Morgan fingerprint density at radius 2 is 2.35 bits per heavy atom. The lowest BCUT2D eigenvalue weighted by Crippen LogP contribution is -2.07. The molecule has 0 radical (unpaired) electrons. The summed E-state index contributed by atoms with van der Waals surface area (Å²) < 4.78 is 0. The van der Waals surface area contributed by atoms with Crippen LogP contribution in [0.15, 0.2) is 30.7 Å². The van der Waals surface area contributed by atoms with Gasteiger partial charge in [-0.1, -0.05) is 6.92 Å². The maximum absolute atomic E-state index is 10.6. The number of hydrogen-bond donors (Lipinski definition) is 2. The predicted molar refractivity (Wildman–Crippen MR) is 62.5 cm³/mol. The molecule has 1 atom stereocenters. The maximum Gasteiger partial charge on any atom is 0.304 e. The van der Waals surface area contributed by atoms with E-state index >= 15 is 0 Å². The number of carboxylic acid groups (broad SMARTS) is 1. The molecular weight excluding hydrogens is 218 g/mol. The fourth-order valence-corrected chi connectivity index (χ4v) is 1.61. The Hall–Kier alpha value is -2.17. The van der Waals surface area contributed by atoms with E-state index < -0.39 is 5.97 Å². The van der Waals surface area contributed by atoms with E-state index in [2.05, 4.69) is 15.0 Å². The van der Waals surface area contributed by atoms with Crippen LogP contribution >= 0.6 is 0 Å². The van der Waals surface area contributed by atoms with Crippen molar-refractivity contribution in [3.8, 4) is 11.3 Å². The molecule has 0 fully saturated rings. The van der Waals surface area contributed by atoms with E-state index in [4.69, 9.17) is 5.11 Å². The summed E-state index contributed by atoms with van der Waals surface area (Å²) in [6.07, 6.45) is 5.35. The molecule has 0 saturated carbocycles. The zero-order chi connectivity index (χ0) is 12.3. The van der Waals surface area contributed by atoms with Crippen LogP contribution in [-0.2, 0) is 4.79 Å². The van der Waals surface area contributed by atoms with Gasteiger partial charge in [-0.15, -0.1) is 0 Å². The van der Waals surface area contributed by atoms with E-state index in [0.29, 0.717) is 5.82 Å². The van der Waals surface area contributed by atoms with Gasteiger partial charge >= 0.3 is 5.97 Å². The number of H-pyrrole nitrogens is 1. The van der Waals surface area contributed by atoms with Crippen LogP contribution in [0.2, 0.25) is 0 Å². The van der Waals surface area contributed by atoms with E-state index in [9.17, 15) is 4.79 Å². The summed E-state index contributed by atoms with van der Waals surface area (Å²) in [7, 11) is 0. The lowest BCUT2D eigenvalue weighted by molar-refractivity contribution is -0.137. The second-order valence-electron chi connectivity index (χ2n) is 3.90. The topological polar surface area (TPSA) is 78.9 Å². The molecule has 0 aliphatic rings. The molecule has 5 heteroatoms. The Balaban J connectivity index is 2.25. The molecule has 0 aliphatic heterocycles. The van der Waals surface area contributed by atoms with E-state index in [0.717, 1.165) is 11.3 Å². The molecule has 0 bridgehead atoms. The normalized spacial score (nSPS) is 12.3. The first-order chi connectivity index (χ1) is 8.16. The Labute approximate surface area is 98.6 Å². The van der Waals surface area contributed by atoms with Gasteiger partial charge in [0, 0.05) is 30.1 Å². The number of aliphatic carboxylic acids is 1. The second-order valence-corrected chi connectivity index (χ2v) is 3.90. The van der Waals surface area contributed by atoms with Crippen molar-refractivity contribution in [2.24, 2.45) is 0 Å². The van der Waals surface area contributed by atoms with Crippen LogP contribution in [0.4, 0.5) is 0 Å². The van der Waals surface area contributed by atoms with Crippen molar-refractivity contribution in [2.75, 3.05) is 0 Å². The smallest absolute Gasteiger partial charge is 0.304 e. The number of rotatable bonds is 4. The van der Waals surface area contributed by atoms with E-state index in [-0.39, 0.29) is 12.3 Å². The summed E-state index contributed by atoms with van der Waals surface area (Å²) in [5.74, 6) is -0.467. The van der Waals surface area contributed by atoms with Crippen LogP contribution in [0.5, 0.6) is 0 Å². The second kappa shape index (κ2) is 4.78. The Bertz CT molecular complexity index is 508. The molecule has 0 aromatic carbocycles. The fourth-order valence-electron chi connectivity index (χ4n) is 1.61. The summed E-state index contributed by atoms with van der Waals surface area (Å²) in [4.78, 5) is 22.1. The van der Waals surface area contributed by atoms with Crippen molar-refractivity contribution < 1.29 is 9.90 Å². The van der Waals surface area contributed by atoms with Crippen molar-refractivity contribution in [1.29, 1.82) is 0 Å². The lowest BCUT2D eigenvalue weighted by Gasteiger charge is -2.07. The highest BCUT2D eigenvalue weighted by Crippen LogP contribution is 2.19. The first-order valence-corrected chi connectivity index (χ1v) is 5.34. The number of carbonyl (C=O) groups is 1. The number of aromatic nitrogens is 3. The predicted octanol–water partition coefficient (Wildman–Crippen LogP) is 2.05. The molecule has 2 heterocycles. The molecule has 2 N–H and O–H groups in total. The fraction of sp³-hybridized carbons (Fsp3) is 0.250. The number of carboxylic acids is 1. The average Bonchev–Trinajstić information content (AvgIpc) is 2.82. The molecule has 0 aliphatic carbocycles. The van der Waals surface area contributed by atoms with E-state index in [1.54, 1.807) is 12.3 Å². The van der Waals surface area contributed by atoms with Gasteiger partial charge in [0.25, 0.3) is 0 Å². The quantitative estimate of drug-likeness (QED) is 0.844. The molecule has 5 nitrogen and oxygen atoms in total. The zero-order valence-corrected chi connectivity index (χ0v) is 9.42. The lowest BCUT2D eigenvalue weighted by atomic mass is 10.1. The zero-order valence-electron chi connectivity index (χ0n) is 9.42. The van der Waals surface area contributed by atoms with Crippen LogP contribution in [-0.4, -0.2) is 26.0 Å². The van der Waals surface area contributed by atoms with Crippen molar-refractivity contribution in [3.05, 3.63) is 36.5 Å². The minimum atomic E-state index is -0.840. The molecule has 0 amide bonds. The highest BCUT2D eigenvalue weighted by Gasteiger charge is 2.13. The summed E-state index contributed by atoms with van der Waals surface area (Å²) >= 11 is 0. The van der Waals surface area contributed by atoms with Gasteiger partial charge in [0.05, 0.1) is 12.1 Å². The standard InChI is InChI=1S/C12H13N3O2/c1-8(6-11(16)17)12-14-5-3-10(15-12)9-2-4-13-7-9/h2-5,7-8,13H,6H2,1H3,(H,16,17). The number of nitrogens with zero attached hydrogens (tertiary/aromatic N) is 2. The van der Waals surface area contributed by atoms with E-state index in [1.165, 1.54) is 0 Å². The summed E-state index contributed by atoms with van der Waals surface area (Å²) in [5.41, 5.74) is 1.77. The minimum absolute atomic E-state index is 0.0383. The van der Waals surface area contributed by atoms with Gasteiger partial charge in [-0.25, -0.2) is 9.97 Å². The van der Waals surface area contributed by atoms with E-state index in [1.807, 2.05) is 25.4 Å². The van der Waals surface area contributed by atoms with Crippen LogP contribution in [0.1, 0.15) is 25.1 Å². The monoisotopic (exact) mass is 231 g/mol. The maximum atomic E-state index is 10.6. The molecule has 88 valence electrons.